The normalized spacial score (nSPS) is 37.1. The number of hydrogen-bond donors (Lipinski definition) is 3. The summed E-state index contributed by atoms with van der Waals surface area (Å²) in [6.45, 7) is 7.27. The monoisotopic (exact) mass is 484 g/mol. The number of hydrogen-bond acceptors (Lipinski definition) is 5. The summed E-state index contributed by atoms with van der Waals surface area (Å²) in [6.07, 6.45) is 6.31. The van der Waals surface area contributed by atoms with Crippen LogP contribution in [0, 0.1) is 11.8 Å². The first-order valence-electron chi connectivity index (χ1n) is 13.6. The number of phenols is 1. The van der Waals surface area contributed by atoms with E-state index in [-0.39, 0.29) is 17.7 Å². The summed E-state index contributed by atoms with van der Waals surface area (Å²) in [5.74, 6) is 1.79. The van der Waals surface area contributed by atoms with Crippen molar-refractivity contribution in [1.82, 2.24) is 9.80 Å². The molecule has 188 valence electrons. The summed E-state index contributed by atoms with van der Waals surface area (Å²) in [7, 11) is 2.29. The average Bonchev–Trinajstić information content (AvgIpc) is 3.52. The van der Waals surface area contributed by atoms with Gasteiger partial charge in [0.25, 0.3) is 0 Å². The number of piperidine rings is 2. The van der Waals surface area contributed by atoms with Gasteiger partial charge in [-0.3, -0.25) is 9.69 Å². The van der Waals surface area contributed by atoms with Gasteiger partial charge >= 0.3 is 0 Å². The lowest BCUT2D eigenvalue weighted by molar-refractivity contribution is -0.122. The molecule has 5 aliphatic heterocycles. The molecule has 0 aliphatic carbocycles. The van der Waals surface area contributed by atoms with E-state index in [1.807, 2.05) is 6.07 Å². The topological polar surface area (TPSA) is 67.8 Å². The molecule has 0 radical (unpaired) electrons. The van der Waals surface area contributed by atoms with E-state index < -0.39 is 5.41 Å². The third-order valence-corrected chi connectivity index (χ3v) is 10.3. The minimum Gasteiger partial charge on any atom is -0.508 e. The number of carbonyl (C=O) groups is 1. The van der Waals surface area contributed by atoms with Crippen molar-refractivity contribution in [2.45, 2.75) is 55.1 Å². The van der Waals surface area contributed by atoms with E-state index in [0.717, 1.165) is 50.1 Å². The van der Waals surface area contributed by atoms with Crippen molar-refractivity contribution in [3.63, 3.8) is 0 Å². The maximum atomic E-state index is 13.5. The molecule has 6 heteroatoms. The lowest BCUT2D eigenvalue weighted by Gasteiger charge is -2.48. The molecule has 7 rings (SSSR count). The minimum atomic E-state index is -0.518. The van der Waals surface area contributed by atoms with Gasteiger partial charge in [-0.1, -0.05) is 30.3 Å². The highest BCUT2D eigenvalue weighted by molar-refractivity contribution is 6.07. The molecule has 36 heavy (non-hydrogen) atoms. The van der Waals surface area contributed by atoms with Crippen molar-refractivity contribution in [3.8, 4) is 5.75 Å². The number of fused-ring (bicyclic) bond motifs is 7. The Hall–Kier alpha value is -2.83. The molecule has 2 aromatic carbocycles. The van der Waals surface area contributed by atoms with E-state index in [0.29, 0.717) is 29.8 Å². The number of phenolic OH excluding ortho intramolecular Hbond substituents is 1. The van der Waals surface area contributed by atoms with Gasteiger partial charge in [0.1, 0.15) is 5.75 Å². The van der Waals surface area contributed by atoms with E-state index in [1.165, 1.54) is 17.7 Å². The van der Waals surface area contributed by atoms with Gasteiger partial charge in [0.2, 0.25) is 5.91 Å². The van der Waals surface area contributed by atoms with Gasteiger partial charge in [0.05, 0.1) is 5.41 Å². The molecule has 1 spiro atoms. The predicted molar refractivity (Wildman–Crippen MR) is 142 cm³/mol. The highest BCUT2D eigenvalue weighted by Gasteiger charge is 2.60. The first kappa shape index (κ1) is 22.4. The fourth-order valence-electron chi connectivity index (χ4n) is 8.45. The second kappa shape index (κ2) is 8.09. The van der Waals surface area contributed by atoms with E-state index in [2.05, 4.69) is 64.4 Å². The number of para-hydroxylation sites is 1. The largest absolute Gasteiger partial charge is 0.508 e. The molecule has 5 heterocycles. The van der Waals surface area contributed by atoms with E-state index in [9.17, 15) is 9.90 Å². The number of benzene rings is 2. The Morgan fingerprint density at radius 3 is 2.92 bits per heavy atom. The van der Waals surface area contributed by atoms with Gasteiger partial charge in [-0.15, -0.1) is 6.58 Å². The Labute approximate surface area is 213 Å². The standard InChI is InChI=1S/C30H36N4O2/c1-3-18-17-34-13-11-30(23-9-8-20(35)16-25(23)32-29(30)36)27(34)15-19(18)14-26-28-22(10-12-33(26)2)21-6-4-5-7-24(21)31-28/h3-9,16,18-19,22,26-28,31,35H,1,10-15,17H2,2H3,(H,32,36)/t18-,19-,22?,26-,27-,28?,30-/m0/s1. The number of aromatic hydroxyl groups is 1. The molecule has 2 unspecified atom stereocenters. The SMILES string of the molecule is C=C[C@H]1CN2CC[C@@]3(C(=O)Nc4cc(O)ccc43)[C@@H]2C[C@@H]1C[C@H]1C2Nc3ccccc3C2CCN1C. The summed E-state index contributed by atoms with van der Waals surface area (Å²) in [5.41, 5.74) is 4.12. The van der Waals surface area contributed by atoms with Gasteiger partial charge in [-0.2, -0.15) is 0 Å². The van der Waals surface area contributed by atoms with Crippen LogP contribution in [0.2, 0.25) is 0 Å². The Morgan fingerprint density at radius 2 is 2.06 bits per heavy atom. The molecule has 3 saturated heterocycles. The lowest BCUT2D eigenvalue weighted by Crippen LogP contribution is -2.56. The highest BCUT2D eigenvalue weighted by atomic mass is 16.3. The molecular formula is C30H36N4O2. The second-order valence-electron chi connectivity index (χ2n) is 11.7. The molecule has 5 aliphatic rings. The summed E-state index contributed by atoms with van der Waals surface area (Å²) in [6, 6.07) is 15.3. The van der Waals surface area contributed by atoms with Crippen LogP contribution < -0.4 is 10.6 Å². The van der Waals surface area contributed by atoms with Crippen LogP contribution in [0.25, 0.3) is 0 Å². The summed E-state index contributed by atoms with van der Waals surface area (Å²) in [5, 5.41) is 17.0. The van der Waals surface area contributed by atoms with Crippen molar-refractivity contribution in [2.24, 2.45) is 11.8 Å². The Bertz CT molecular complexity index is 1230. The number of likely N-dealkylation sites (tertiary alicyclic amines) is 1. The third-order valence-electron chi connectivity index (χ3n) is 10.3. The first-order chi connectivity index (χ1) is 17.5. The van der Waals surface area contributed by atoms with Crippen LogP contribution in [0.3, 0.4) is 0 Å². The average molecular weight is 485 g/mol. The number of carbonyl (C=O) groups excluding carboxylic acids is 1. The zero-order chi connectivity index (χ0) is 24.6. The van der Waals surface area contributed by atoms with Crippen LogP contribution in [-0.4, -0.2) is 65.6 Å². The number of nitrogens with zero attached hydrogens (tertiary/aromatic N) is 2. The van der Waals surface area contributed by atoms with Crippen LogP contribution in [0.4, 0.5) is 11.4 Å². The zero-order valence-corrected chi connectivity index (χ0v) is 21.0. The fourth-order valence-corrected chi connectivity index (χ4v) is 8.45. The Balaban J connectivity index is 1.19. The van der Waals surface area contributed by atoms with Crippen molar-refractivity contribution in [2.75, 3.05) is 37.3 Å². The van der Waals surface area contributed by atoms with Gasteiger partial charge in [0, 0.05) is 48.0 Å². The summed E-state index contributed by atoms with van der Waals surface area (Å²) < 4.78 is 0. The molecular weight excluding hydrogens is 448 g/mol. The van der Waals surface area contributed by atoms with Crippen molar-refractivity contribution >= 4 is 17.3 Å². The molecule has 6 nitrogen and oxygen atoms in total. The summed E-state index contributed by atoms with van der Waals surface area (Å²) >= 11 is 0. The van der Waals surface area contributed by atoms with Crippen molar-refractivity contribution in [3.05, 3.63) is 66.2 Å². The van der Waals surface area contributed by atoms with Crippen molar-refractivity contribution < 1.29 is 9.90 Å². The van der Waals surface area contributed by atoms with Crippen LogP contribution >= 0.6 is 0 Å². The number of anilines is 2. The number of amides is 1. The molecule has 0 aromatic heterocycles. The molecule has 3 fully saturated rings. The molecule has 0 bridgehead atoms. The Kier molecular flexibility index (Phi) is 5.03. The lowest BCUT2D eigenvalue weighted by atomic mass is 9.67. The Morgan fingerprint density at radius 1 is 1.19 bits per heavy atom. The quantitative estimate of drug-likeness (QED) is 0.571. The van der Waals surface area contributed by atoms with Crippen LogP contribution in [0.1, 0.15) is 42.7 Å². The minimum absolute atomic E-state index is 0.106. The maximum absolute atomic E-state index is 13.5. The number of likely N-dealkylation sites (N-methyl/N-ethyl adjacent to an activating group) is 1. The van der Waals surface area contributed by atoms with Crippen LogP contribution in [0.5, 0.6) is 5.75 Å². The first-order valence-corrected chi connectivity index (χ1v) is 13.6. The summed E-state index contributed by atoms with van der Waals surface area (Å²) in [4.78, 5) is 18.6. The smallest absolute Gasteiger partial charge is 0.236 e. The van der Waals surface area contributed by atoms with Gasteiger partial charge < -0.3 is 20.6 Å². The van der Waals surface area contributed by atoms with Gasteiger partial charge in [-0.05, 0) is 80.9 Å². The fraction of sp³-hybridized carbons (Fsp3) is 0.500. The molecule has 0 saturated carbocycles. The second-order valence-corrected chi connectivity index (χ2v) is 11.7. The molecule has 7 atom stereocenters. The highest BCUT2D eigenvalue weighted by Crippen LogP contribution is 2.54. The zero-order valence-electron chi connectivity index (χ0n) is 21.0. The molecule has 3 N–H and O–H groups in total. The predicted octanol–water partition coefficient (Wildman–Crippen LogP) is 4.15. The number of rotatable bonds is 3. The molecule has 1 amide bonds. The van der Waals surface area contributed by atoms with Crippen molar-refractivity contribution in [1.29, 1.82) is 0 Å². The van der Waals surface area contributed by atoms with E-state index >= 15 is 0 Å². The maximum Gasteiger partial charge on any atom is 0.236 e. The van der Waals surface area contributed by atoms with Gasteiger partial charge in [-0.25, -0.2) is 0 Å². The van der Waals surface area contributed by atoms with Crippen LogP contribution in [0.15, 0.2) is 55.1 Å². The number of nitrogens with one attached hydrogen (secondary N) is 2. The van der Waals surface area contributed by atoms with E-state index in [1.54, 1.807) is 12.1 Å². The van der Waals surface area contributed by atoms with Crippen LogP contribution in [-0.2, 0) is 10.2 Å². The van der Waals surface area contributed by atoms with Gasteiger partial charge in [0.15, 0.2) is 0 Å². The third kappa shape index (κ3) is 3.07. The molecule has 2 aromatic rings. The van der Waals surface area contributed by atoms with E-state index in [4.69, 9.17) is 0 Å².